The van der Waals surface area contributed by atoms with Gasteiger partial charge in [-0.25, -0.2) is 4.98 Å². The number of esters is 1. The van der Waals surface area contributed by atoms with Crippen molar-refractivity contribution in [1.82, 2.24) is 9.55 Å². The number of nitrogens with zero attached hydrogens (tertiary/aromatic N) is 2. The summed E-state index contributed by atoms with van der Waals surface area (Å²) >= 11 is 0. The second-order valence-corrected chi connectivity index (χ2v) is 10.7. The molecular weight excluding hydrogens is 504 g/mol. The van der Waals surface area contributed by atoms with E-state index in [1.54, 1.807) is 0 Å². The van der Waals surface area contributed by atoms with E-state index < -0.39 is 11.9 Å². The van der Waals surface area contributed by atoms with Crippen molar-refractivity contribution in [3.8, 4) is 17.1 Å². The number of aliphatic hydroxyl groups excluding tert-OH is 1. The lowest BCUT2D eigenvalue weighted by Gasteiger charge is -2.16. The van der Waals surface area contributed by atoms with Gasteiger partial charge in [-0.05, 0) is 51.3 Å². The lowest BCUT2D eigenvalue weighted by molar-refractivity contribution is -0.144. The molecule has 1 N–H and O–H groups in total. The molecule has 40 heavy (non-hydrogen) atoms. The number of rotatable bonds is 13. The summed E-state index contributed by atoms with van der Waals surface area (Å²) in [6, 6.07) is 20.1. The van der Waals surface area contributed by atoms with Crippen LogP contribution in [0.4, 0.5) is 0 Å². The molecule has 0 bridgehead atoms. The summed E-state index contributed by atoms with van der Waals surface area (Å²) in [6.07, 6.45) is 8.12. The number of hydrogen-bond donors (Lipinski definition) is 1. The van der Waals surface area contributed by atoms with Gasteiger partial charge >= 0.3 is 5.97 Å². The minimum atomic E-state index is -0.748. The molecule has 1 saturated heterocycles. The van der Waals surface area contributed by atoms with Gasteiger partial charge in [-0.1, -0.05) is 80.8 Å². The van der Waals surface area contributed by atoms with Gasteiger partial charge in [-0.2, -0.15) is 0 Å². The van der Waals surface area contributed by atoms with Crippen LogP contribution in [-0.4, -0.2) is 45.7 Å². The number of hydrogen-bond acceptors (Lipinski definition) is 6. The van der Waals surface area contributed by atoms with Gasteiger partial charge in [0.2, 0.25) is 0 Å². The summed E-state index contributed by atoms with van der Waals surface area (Å²) in [6.45, 7) is 5.96. The van der Waals surface area contributed by atoms with Crippen molar-refractivity contribution in [2.75, 3.05) is 7.11 Å². The van der Waals surface area contributed by atoms with Crippen molar-refractivity contribution in [2.24, 2.45) is 0 Å². The Morgan fingerprint density at radius 2 is 1.77 bits per heavy atom. The molecule has 1 aliphatic rings. The molecule has 214 valence electrons. The Labute approximate surface area is 237 Å². The lowest BCUT2D eigenvalue weighted by atomic mass is 10.0. The molecule has 0 saturated carbocycles. The first kappa shape index (κ1) is 29.7. The van der Waals surface area contributed by atoms with E-state index in [9.17, 15) is 9.90 Å². The summed E-state index contributed by atoms with van der Waals surface area (Å²) in [4.78, 5) is 16.7. The van der Waals surface area contributed by atoms with Gasteiger partial charge in [0.15, 0.2) is 5.79 Å². The topological polar surface area (TPSA) is 82.8 Å². The van der Waals surface area contributed by atoms with Crippen LogP contribution in [0.5, 0.6) is 0 Å². The SMILES string of the molecule is CCCCCC(O)c1nc(-c2ccccc2)n(-c2ccccc2)c1/C=C/[C@H]1OC(C)(C)O[C@H]1CCCC(=O)OC. The number of para-hydroxylation sites is 1. The van der Waals surface area contributed by atoms with E-state index in [1.807, 2.05) is 86.7 Å². The normalized spacial score (nSPS) is 19.2. The quantitative estimate of drug-likeness (QED) is 0.183. The van der Waals surface area contributed by atoms with Gasteiger partial charge in [0.25, 0.3) is 0 Å². The van der Waals surface area contributed by atoms with Crippen LogP contribution in [0.3, 0.4) is 0 Å². The number of carbonyl (C=O) groups is 1. The molecule has 1 aliphatic heterocycles. The van der Waals surface area contributed by atoms with E-state index in [4.69, 9.17) is 19.2 Å². The fourth-order valence-electron chi connectivity index (χ4n) is 5.18. The van der Waals surface area contributed by atoms with Crippen molar-refractivity contribution in [3.05, 3.63) is 78.1 Å². The maximum Gasteiger partial charge on any atom is 0.305 e. The molecule has 0 radical (unpaired) electrons. The van der Waals surface area contributed by atoms with Crippen molar-refractivity contribution < 1.29 is 24.1 Å². The monoisotopic (exact) mass is 546 g/mol. The summed E-state index contributed by atoms with van der Waals surface area (Å²) < 4.78 is 19.4. The number of aliphatic hydroxyl groups is 1. The zero-order chi connectivity index (χ0) is 28.5. The molecule has 3 aromatic rings. The van der Waals surface area contributed by atoms with E-state index in [-0.39, 0.29) is 18.2 Å². The van der Waals surface area contributed by atoms with Crippen molar-refractivity contribution in [1.29, 1.82) is 0 Å². The number of aromatic nitrogens is 2. The maximum atomic E-state index is 11.7. The number of imidazole rings is 1. The molecule has 0 amide bonds. The number of benzene rings is 2. The van der Waals surface area contributed by atoms with Crippen LogP contribution in [-0.2, 0) is 19.0 Å². The Morgan fingerprint density at radius 3 is 2.45 bits per heavy atom. The Hall–Kier alpha value is -3.26. The molecule has 1 unspecified atom stereocenters. The average Bonchev–Trinajstić information content (AvgIpc) is 3.49. The molecule has 0 spiro atoms. The summed E-state index contributed by atoms with van der Waals surface area (Å²) in [7, 11) is 1.40. The second-order valence-electron chi connectivity index (χ2n) is 10.7. The first-order valence-electron chi connectivity index (χ1n) is 14.3. The number of unbranched alkanes of at least 4 members (excludes halogenated alkanes) is 2. The van der Waals surface area contributed by atoms with Crippen molar-refractivity contribution in [3.63, 3.8) is 0 Å². The van der Waals surface area contributed by atoms with Crippen LogP contribution in [0, 0.1) is 0 Å². The van der Waals surface area contributed by atoms with Crippen LogP contribution in [0.2, 0.25) is 0 Å². The van der Waals surface area contributed by atoms with Gasteiger partial charge in [0.05, 0.1) is 30.7 Å². The van der Waals surface area contributed by atoms with E-state index in [0.717, 1.165) is 42.0 Å². The largest absolute Gasteiger partial charge is 0.469 e. The van der Waals surface area contributed by atoms with Crippen LogP contribution >= 0.6 is 0 Å². The third-order valence-corrected chi connectivity index (χ3v) is 7.15. The summed E-state index contributed by atoms with van der Waals surface area (Å²) in [5, 5.41) is 11.4. The Balaban J connectivity index is 1.75. The molecule has 7 nitrogen and oxygen atoms in total. The van der Waals surface area contributed by atoms with E-state index in [1.165, 1.54) is 7.11 Å². The van der Waals surface area contributed by atoms with E-state index >= 15 is 0 Å². The van der Waals surface area contributed by atoms with Gasteiger partial charge < -0.3 is 19.3 Å². The number of methoxy groups -OCH3 is 1. The number of carbonyl (C=O) groups excluding carboxylic acids is 1. The van der Waals surface area contributed by atoms with Gasteiger partial charge in [0, 0.05) is 17.7 Å². The minimum absolute atomic E-state index is 0.212. The Morgan fingerprint density at radius 1 is 1.07 bits per heavy atom. The highest BCUT2D eigenvalue weighted by Crippen LogP contribution is 2.35. The molecule has 7 heteroatoms. The summed E-state index contributed by atoms with van der Waals surface area (Å²) in [5.74, 6) is -0.204. The molecule has 0 aliphatic carbocycles. The van der Waals surface area contributed by atoms with Crippen LogP contribution in [0.1, 0.15) is 83.2 Å². The van der Waals surface area contributed by atoms with Crippen LogP contribution < -0.4 is 0 Å². The molecule has 4 rings (SSSR count). The standard InChI is InChI=1S/C33H42N2O5/c1-5-6-9-19-27(36)31-26(22-23-29-28(39-33(2,3)40-29)20-14-21-30(37)38-4)35(25-17-12-8-13-18-25)32(34-31)24-15-10-7-11-16-24/h7-8,10-13,15-18,22-23,27-29,36H,5-6,9,14,19-21H2,1-4H3/b23-22+/t27?,28-,29+/m0/s1. The number of ether oxygens (including phenoxy) is 3. The smallest absolute Gasteiger partial charge is 0.305 e. The fraction of sp³-hybridized carbons (Fsp3) is 0.455. The zero-order valence-electron chi connectivity index (χ0n) is 24.1. The summed E-state index contributed by atoms with van der Waals surface area (Å²) in [5.41, 5.74) is 3.39. The molecule has 2 aromatic carbocycles. The second kappa shape index (κ2) is 13.9. The first-order valence-corrected chi connectivity index (χ1v) is 14.3. The van der Waals surface area contributed by atoms with Crippen molar-refractivity contribution in [2.45, 2.75) is 89.8 Å². The Kier molecular flexibility index (Phi) is 10.3. The van der Waals surface area contributed by atoms with Crippen LogP contribution in [0.25, 0.3) is 23.2 Å². The minimum Gasteiger partial charge on any atom is -0.469 e. The van der Waals surface area contributed by atoms with Gasteiger partial charge in [-0.15, -0.1) is 0 Å². The van der Waals surface area contributed by atoms with Crippen molar-refractivity contribution >= 4 is 12.0 Å². The fourth-order valence-corrected chi connectivity index (χ4v) is 5.18. The zero-order valence-corrected chi connectivity index (χ0v) is 24.1. The molecule has 2 heterocycles. The predicted octanol–water partition coefficient (Wildman–Crippen LogP) is 7.03. The third-order valence-electron chi connectivity index (χ3n) is 7.15. The van der Waals surface area contributed by atoms with Crippen LogP contribution in [0.15, 0.2) is 66.7 Å². The average molecular weight is 547 g/mol. The first-order chi connectivity index (χ1) is 19.3. The van der Waals surface area contributed by atoms with Gasteiger partial charge in [0.1, 0.15) is 11.9 Å². The van der Waals surface area contributed by atoms with E-state index in [0.29, 0.717) is 31.4 Å². The third kappa shape index (κ3) is 7.47. The molecule has 1 fully saturated rings. The Bertz CT molecular complexity index is 1250. The highest BCUT2D eigenvalue weighted by atomic mass is 16.7. The predicted molar refractivity (Wildman–Crippen MR) is 157 cm³/mol. The molecule has 1 aromatic heterocycles. The van der Waals surface area contributed by atoms with Gasteiger partial charge in [-0.3, -0.25) is 9.36 Å². The van der Waals surface area contributed by atoms with E-state index in [2.05, 4.69) is 11.5 Å². The highest BCUT2D eigenvalue weighted by molar-refractivity contribution is 5.69. The molecular formula is C33H42N2O5. The molecule has 3 atom stereocenters. The maximum absolute atomic E-state index is 11.7. The lowest BCUT2D eigenvalue weighted by Crippen LogP contribution is -2.21. The highest BCUT2D eigenvalue weighted by Gasteiger charge is 2.39.